The summed E-state index contributed by atoms with van der Waals surface area (Å²) < 4.78 is 10.4. The zero-order chi connectivity index (χ0) is 20.8. The van der Waals surface area contributed by atoms with E-state index < -0.39 is 47.3 Å². The number of hydrogen-bond acceptors (Lipinski definition) is 6. The van der Waals surface area contributed by atoms with Crippen molar-refractivity contribution in [3.63, 3.8) is 0 Å². The minimum absolute atomic E-state index is 0.360. The van der Waals surface area contributed by atoms with Gasteiger partial charge in [-0.3, -0.25) is 9.59 Å². The highest BCUT2D eigenvalue weighted by Crippen LogP contribution is 2.13. The molecule has 7 nitrogen and oxygen atoms in total. The van der Waals surface area contributed by atoms with E-state index in [9.17, 15) is 19.2 Å². The molecule has 0 aromatic heterocycles. The first-order valence-corrected chi connectivity index (χ1v) is 8.62. The molecule has 0 bridgehead atoms. The topological polar surface area (TPSA) is 98.8 Å². The Labute approximate surface area is 159 Å². The van der Waals surface area contributed by atoms with Crippen molar-refractivity contribution in [1.29, 1.82) is 0 Å². The third-order valence-electron chi connectivity index (χ3n) is 3.01. The van der Waals surface area contributed by atoms with Crippen molar-refractivity contribution < 1.29 is 28.7 Å². The van der Waals surface area contributed by atoms with Gasteiger partial charge in [-0.15, -0.1) is 0 Å². The van der Waals surface area contributed by atoms with Crippen LogP contribution >= 0.6 is 0 Å². The molecule has 7 heteroatoms. The Balaban J connectivity index is 2.88. The van der Waals surface area contributed by atoms with Crippen LogP contribution in [-0.4, -0.2) is 40.9 Å². The second-order valence-electron chi connectivity index (χ2n) is 8.03. The molecule has 0 unspecified atom stereocenters. The lowest BCUT2D eigenvalue weighted by atomic mass is 10.1. The number of nitrogens with one attached hydrogen (secondary N) is 1. The van der Waals surface area contributed by atoms with Crippen LogP contribution in [0.15, 0.2) is 30.3 Å². The van der Waals surface area contributed by atoms with E-state index in [1.807, 2.05) is 0 Å². The van der Waals surface area contributed by atoms with Crippen molar-refractivity contribution in [2.45, 2.75) is 65.2 Å². The smallest absolute Gasteiger partial charge is 0.340 e. The lowest BCUT2D eigenvalue weighted by Crippen LogP contribution is -2.51. The van der Waals surface area contributed by atoms with Gasteiger partial charge in [0.05, 0.1) is 6.42 Å². The van der Waals surface area contributed by atoms with Crippen LogP contribution in [0.25, 0.3) is 0 Å². The maximum Gasteiger partial charge on any atom is 0.340 e. The molecule has 1 amide bonds. The maximum absolute atomic E-state index is 12.4. The quantitative estimate of drug-likeness (QED) is 0.464. The average molecular weight is 377 g/mol. The van der Waals surface area contributed by atoms with Gasteiger partial charge in [0.25, 0.3) is 0 Å². The van der Waals surface area contributed by atoms with Gasteiger partial charge in [0, 0.05) is 5.56 Å². The molecule has 0 saturated heterocycles. The van der Waals surface area contributed by atoms with Crippen molar-refractivity contribution in [3.05, 3.63) is 35.9 Å². The Kier molecular flexibility index (Phi) is 7.28. The Hall–Kier alpha value is -2.70. The van der Waals surface area contributed by atoms with Gasteiger partial charge >= 0.3 is 11.9 Å². The fraction of sp³-hybridized carbons (Fsp3) is 0.500. The number of amides is 1. The van der Waals surface area contributed by atoms with Gasteiger partial charge in [0.15, 0.2) is 5.78 Å². The summed E-state index contributed by atoms with van der Waals surface area (Å²) in [5.74, 6) is -3.10. The van der Waals surface area contributed by atoms with E-state index in [-0.39, 0.29) is 0 Å². The van der Waals surface area contributed by atoms with Gasteiger partial charge in [0.2, 0.25) is 11.9 Å². The monoisotopic (exact) mass is 377 g/mol. The molecular weight excluding hydrogens is 350 g/mol. The second kappa shape index (κ2) is 8.79. The molecule has 148 valence electrons. The lowest BCUT2D eigenvalue weighted by Gasteiger charge is -2.26. The van der Waals surface area contributed by atoms with E-state index in [1.165, 1.54) is 0 Å². The Morgan fingerprint density at radius 1 is 0.852 bits per heavy atom. The summed E-state index contributed by atoms with van der Waals surface area (Å²) in [5.41, 5.74) is -1.36. The molecule has 1 rings (SSSR count). The Bertz CT molecular complexity index is 669. The molecule has 1 N–H and O–H groups in total. The number of esters is 2. The number of ketones is 1. The second-order valence-corrected chi connectivity index (χ2v) is 8.03. The third-order valence-corrected chi connectivity index (χ3v) is 3.01. The van der Waals surface area contributed by atoms with E-state index in [4.69, 9.17) is 9.47 Å². The Morgan fingerprint density at radius 2 is 1.30 bits per heavy atom. The summed E-state index contributed by atoms with van der Waals surface area (Å²) in [4.78, 5) is 49.1. The summed E-state index contributed by atoms with van der Waals surface area (Å²) in [6, 6.07) is 6.60. The first kappa shape index (κ1) is 22.3. The number of hydrogen-bond donors (Lipinski definition) is 1. The normalized spacial score (nSPS) is 11.7. The molecule has 0 spiro atoms. The number of carbonyl (C=O) groups is 4. The largest absolute Gasteiger partial charge is 0.458 e. The zero-order valence-corrected chi connectivity index (χ0v) is 16.6. The summed E-state index contributed by atoms with van der Waals surface area (Å²) in [6.07, 6.45) is -0.508. The standard InChI is InChI=1S/C20H27NO6/c1-19(2,3)26-17(24)16(18(25)27-20(4,5)6)21-15(23)12-14(22)13-10-8-7-9-11-13/h7-11,16H,12H2,1-6H3,(H,21,23). The van der Waals surface area contributed by atoms with E-state index in [0.717, 1.165) is 0 Å². The van der Waals surface area contributed by atoms with Crippen LogP contribution in [0.5, 0.6) is 0 Å². The Morgan fingerprint density at radius 3 is 1.70 bits per heavy atom. The molecule has 27 heavy (non-hydrogen) atoms. The van der Waals surface area contributed by atoms with Crippen molar-refractivity contribution in [2.24, 2.45) is 0 Å². The minimum atomic E-state index is -1.65. The van der Waals surface area contributed by atoms with E-state index in [2.05, 4.69) is 5.32 Å². The van der Waals surface area contributed by atoms with Crippen molar-refractivity contribution in [2.75, 3.05) is 0 Å². The summed E-state index contributed by atoms with van der Waals surface area (Å²) >= 11 is 0. The SMILES string of the molecule is CC(C)(C)OC(=O)C(NC(=O)CC(=O)c1ccccc1)C(=O)OC(C)(C)C. The summed E-state index contributed by atoms with van der Waals surface area (Å²) in [7, 11) is 0. The molecule has 0 saturated carbocycles. The molecule has 1 aromatic carbocycles. The van der Waals surface area contributed by atoms with Crippen LogP contribution in [0.4, 0.5) is 0 Å². The maximum atomic E-state index is 12.4. The highest BCUT2D eigenvalue weighted by molar-refractivity contribution is 6.10. The van der Waals surface area contributed by atoms with E-state index in [0.29, 0.717) is 5.56 Å². The summed E-state index contributed by atoms with van der Waals surface area (Å²) in [5, 5.41) is 2.25. The zero-order valence-electron chi connectivity index (χ0n) is 16.6. The number of carbonyl (C=O) groups excluding carboxylic acids is 4. The fourth-order valence-corrected chi connectivity index (χ4v) is 2.02. The first-order valence-electron chi connectivity index (χ1n) is 8.62. The minimum Gasteiger partial charge on any atom is -0.458 e. The highest BCUT2D eigenvalue weighted by Gasteiger charge is 2.36. The molecule has 0 aliphatic heterocycles. The molecule has 0 atom stereocenters. The molecule has 0 fully saturated rings. The lowest BCUT2D eigenvalue weighted by molar-refractivity contribution is -0.171. The van der Waals surface area contributed by atoms with Crippen LogP contribution in [0.3, 0.4) is 0 Å². The van der Waals surface area contributed by atoms with Crippen molar-refractivity contribution in [1.82, 2.24) is 5.32 Å². The van der Waals surface area contributed by atoms with Crippen molar-refractivity contribution >= 4 is 23.6 Å². The predicted molar refractivity (Wildman–Crippen MR) is 99.0 cm³/mol. The number of rotatable bonds is 6. The summed E-state index contributed by atoms with van der Waals surface area (Å²) in [6.45, 7) is 9.82. The molecule has 0 aliphatic carbocycles. The molecule has 0 heterocycles. The fourth-order valence-electron chi connectivity index (χ4n) is 2.02. The average Bonchev–Trinajstić information content (AvgIpc) is 2.49. The number of Topliss-reactive ketones (excluding diaryl/α,β-unsaturated/α-hetero) is 1. The molecular formula is C20H27NO6. The van der Waals surface area contributed by atoms with Crippen molar-refractivity contribution in [3.8, 4) is 0 Å². The molecule has 1 aromatic rings. The highest BCUT2D eigenvalue weighted by atomic mass is 16.6. The van der Waals surface area contributed by atoms with Gasteiger partial charge in [0.1, 0.15) is 11.2 Å². The van der Waals surface area contributed by atoms with Crippen LogP contribution < -0.4 is 5.32 Å². The predicted octanol–water partition coefficient (Wildman–Crippen LogP) is 2.43. The van der Waals surface area contributed by atoms with Gasteiger partial charge in [-0.05, 0) is 41.5 Å². The van der Waals surface area contributed by atoms with E-state index >= 15 is 0 Å². The van der Waals surface area contributed by atoms with E-state index in [1.54, 1.807) is 71.9 Å². The van der Waals surface area contributed by atoms with Crippen LogP contribution in [-0.2, 0) is 23.9 Å². The van der Waals surface area contributed by atoms with Crippen LogP contribution in [0, 0.1) is 0 Å². The van der Waals surface area contributed by atoms with Crippen LogP contribution in [0.2, 0.25) is 0 Å². The van der Waals surface area contributed by atoms with Crippen LogP contribution in [0.1, 0.15) is 58.3 Å². The van der Waals surface area contributed by atoms with Gasteiger partial charge in [-0.1, -0.05) is 30.3 Å². The first-order chi connectivity index (χ1) is 12.3. The molecule has 0 radical (unpaired) electrons. The van der Waals surface area contributed by atoms with Gasteiger partial charge < -0.3 is 14.8 Å². The third kappa shape index (κ3) is 8.48. The number of benzene rings is 1. The molecule has 0 aliphatic rings. The van der Waals surface area contributed by atoms with Gasteiger partial charge in [-0.2, -0.15) is 0 Å². The van der Waals surface area contributed by atoms with Gasteiger partial charge in [-0.25, -0.2) is 9.59 Å². The number of ether oxygens (including phenoxy) is 2.